The lowest BCUT2D eigenvalue weighted by Crippen LogP contribution is -2.06. The van der Waals surface area contributed by atoms with Crippen molar-refractivity contribution in [3.8, 4) is 11.5 Å². The van der Waals surface area contributed by atoms with Crippen LogP contribution in [-0.2, 0) is 6.54 Å². The number of methoxy groups -OCH3 is 2. The summed E-state index contributed by atoms with van der Waals surface area (Å²) >= 11 is 10.5. The molecular formula is C14H13Br3N2O2. The molecule has 112 valence electrons. The maximum Gasteiger partial charge on any atom is 0.184 e. The van der Waals surface area contributed by atoms with Gasteiger partial charge in [-0.25, -0.2) is 0 Å². The van der Waals surface area contributed by atoms with Gasteiger partial charge in [0.25, 0.3) is 0 Å². The fourth-order valence-electron chi connectivity index (χ4n) is 1.86. The molecule has 1 heterocycles. The maximum atomic E-state index is 5.38. The standard InChI is InChI=1S/C14H13Br3N2O2/c1-20-12-3-4-18-11(14(12)21-2)7-19-13-9(16)5-8(15)6-10(13)17/h3-6,19H,7H2,1-2H3. The van der Waals surface area contributed by atoms with Gasteiger partial charge in [-0.05, 0) is 44.0 Å². The summed E-state index contributed by atoms with van der Waals surface area (Å²) in [6.07, 6.45) is 1.70. The Morgan fingerprint density at radius 1 is 1.10 bits per heavy atom. The number of hydrogen-bond acceptors (Lipinski definition) is 4. The Balaban J connectivity index is 2.25. The summed E-state index contributed by atoms with van der Waals surface area (Å²) < 4.78 is 13.5. The van der Waals surface area contributed by atoms with Crippen LogP contribution >= 0.6 is 47.8 Å². The second-order valence-electron chi connectivity index (χ2n) is 4.09. The van der Waals surface area contributed by atoms with Crippen LogP contribution in [0.5, 0.6) is 11.5 Å². The Labute approximate surface area is 148 Å². The number of ether oxygens (including phenoxy) is 2. The molecule has 0 aliphatic rings. The van der Waals surface area contributed by atoms with Crippen LogP contribution in [0.3, 0.4) is 0 Å². The first kappa shape index (κ1) is 16.6. The average molecular weight is 481 g/mol. The van der Waals surface area contributed by atoms with Gasteiger partial charge in [0.05, 0.1) is 26.5 Å². The van der Waals surface area contributed by atoms with Crippen LogP contribution in [0.15, 0.2) is 37.8 Å². The van der Waals surface area contributed by atoms with E-state index >= 15 is 0 Å². The van der Waals surface area contributed by atoms with E-state index in [2.05, 4.69) is 58.1 Å². The lowest BCUT2D eigenvalue weighted by atomic mass is 10.2. The van der Waals surface area contributed by atoms with Crippen molar-refractivity contribution in [3.05, 3.63) is 43.5 Å². The van der Waals surface area contributed by atoms with Crippen molar-refractivity contribution in [1.29, 1.82) is 0 Å². The van der Waals surface area contributed by atoms with Gasteiger partial charge in [-0.2, -0.15) is 0 Å². The van der Waals surface area contributed by atoms with E-state index < -0.39 is 0 Å². The van der Waals surface area contributed by atoms with Crippen molar-refractivity contribution in [2.75, 3.05) is 19.5 Å². The number of nitrogens with zero attached hydrogens (tertiary/aromatic N) is 1. The van der Waals surface area contributed by atoms with E-state index in [1.165, 1.54) is 0 Å². The molecule has 4 nitrogen and oxygen atoms in total. The zero-order chi connectivity index (χ0) is 15.4. The number of nitrogens with one attached hydrogen (secondary N) is 1. The third-order valence-electron chi connectivity index (χ3n) is 2.81. The Morgan fingerprint density at radius 2 is 1.76 bits per heavy atom. The van der Waals surface area contributed by atoms with Gasteiger partial charge in [-0.1, -0.05) is 15.9 Å². The maximum absolute atomic E-state index is 5.38. The van der Waals surface area contributed by atoms with Gasteiger partial charge >= 0.3 is 0 Å². The Hall–Kier alpha value is -0.790. The third-order valence-corrected chi connectivity index (χ3v) is 4.51. The van der Waals surface area contributed by atoms with Gasteiger partial charge in [0.15, 0.2) is 11.5 Å². The minimum atomic E-state index is 0.513. The summed E-state index contributed by atoms with van der Waals surface area (Å²) in [4.78, 5) is 4.34. The highest BCUT2D eigenvalue weighted by atomic mass is 79.9. The minimum absolute atomic E-state index is 0.513. The Kier molecular flexibility index (Phi) is 5.89. The smallest absolute Gasteiger partial charge is 0.184 e. The number of pyridine rings is 1. The SMILES string of the molecule is COc1ccnc(CNc2c(Br)cc(Br)cc2Br)c1OC. The normalized spacial score (nSPS) is 10.3. The summed E-state index contributed by atoms with van der Waals surface area (Å²) in [6.45, 7) is 0.513. The molecule has 0 bridgehead atoms. The number of hydrogen-bond donors (Lipinski definition) is 1. The predicted molar refractivity (Wildman–Crippen MR) is 94.2 cm³/mol. The topological polar surface area (TPSA) is 43.4 Å². The molecule has 0 radical (unpaired) electrons. The lowest BCUT2D eigenvalue weighted by molar-refractivity contribution is 0.350. The molecule has 2 rings (SSSR count). The molecule has 1 aromatic carbocycles. The molecular weight excluding hydrogens is 468 g/mol. The van der Waals surface area contributed by atoms with Crippen molar-refractivity contribution in [2.45, 2.75) is 6.54 Å². The highest BCUT2D eigenvalue weighted by Crippen LogP contribution is 2.35. The predicted octanol–water partition coefficient (Wildman–Crippen LogP) is 5.00. The van der Waals surface area contributed by atoms with E-state index in [4.69, 9.17) is 9.47 Å². The molecule has 0 fully saturated rings. The van der Waals surface area contributed by atoms with Gasteiger partial charge in [0.1, 0.15) is 5.69 Å². The second-order valence-corrected chi connectivity index (χ2v) is 6.72. The zero-order valence-electron chi connectivity index (χ0n) is 11.4. The van der Waals surface area contributed by atoms with Crippen LogP contribution in [0.2, 0.25) is 0 Å². The summed E-state index contributed by atoms with van der Waals surface area (Å²) in [5.74, 6) is 1.30. The van der Waals surface area contributed by atoms with Crippen LogP contribution in [0, 0.1) is 0 Å². The lowest BCUT2D eigenvalue weighted by Gasteiger charge is -2.14. The van der Waals surface area contributed by atoms with Gasteiger partial charge < -0.3 is 14.8 Å². The number of rotatable bonds is 5. The van der Waals surface area contributed by atoms with E-state index in [1.807, 2.05) is 12.1 Å². The Morgan fingerprint density at radius 3 is 2.33 bits per heavy atom. The van der Waals surface area contributed by atoms with E-state index in [0.29, 0.717) is 18.0 Å². The molecule has 2 aromatic rings. The molecule has 0 saturated carbocycles. The average Bonchev–Trinajstić information content (AvgIpc) is 2.45. The molecule has 1 aromatic heterocycles. The third kappa shape index (κ3) is 3.90. The second kappa shape index (κ2) is 7.47. The zero-order valence-corrected chi connectivity index (χ0v) is 16.2. The molecule has 0 saturated heterocycles. The van der Waals surface area contributed by atoms with Crippen LogP contribution in [0.1, 0.15) is 5.69 Å². The van der Waals surface area contributed by atoms with E-state index in [9.17, 15) is 0 Å². The largest absolute Gasteiger partial charge is 0.493 e. The van der Waals surface area contributed by atoms with Crippen LogP contribution in [0.25, 0.3) is 0 Å². The number of anilines is 1. The summed E-state index contributed by atoms with van der Waals surface area (Å²) in [5, 5.41) is 3.34. The summed E-state index contributed by atoms with van der Waals surface area (Å²) in [6, 6.07) is 5.72. The quantitative estimate of drug-likeness (QED) is 0.654. The van der Waals surface area contributed by atoms with Gasteiger partial charge in [-0.15, -0.1) is 0 Å². The molecule has 0 atom stereocenters. The molecule has 7 heteroatoms. The first-order valence-electron chi connectivity index (χ1n) is 6.01. The summed E-state index contributed by atoms with van der Waals surface area (Å²) in [7, 11) is 3.21. The summed E-state index contributed by atoms with van der Waals surface area (Å²) in [5.41, 5.74) is 1.73. The van der Waals surface area contributed by atoms with Crippen molar-refractivity contribution >= 4 is 53.5 Å². The molecule has 0 amide bonds. The highest BCUT2D eigenvalue weighted by Gasteiger charge is 2.12. The number of aromatic nitrogens is 1. The van der Waals surface area contributed by atoms with E-state index in [-0.39, 0.29) is 0 Å². The first-order chi connectivity index (χ1) is 10.1. The van der Waals surface area contributed by atoms with Crippen molar-refractivity contribution < 1.29 is 9.47 Å². The molecule has 21 heavy (non-hydrogen) atoms. The van der Waals surface area contributed by atoms with Gasteiger partial charge in [0.2, 0.25) is 0 Å². The molecule has 0 unspecified atom stereocenters. The number of halogens is 3. The van der Waals surface area contributed by atoms with Crippen LogP contribution < -0.4 is 14.8 Å². The fraction of sp³-hybridized carbons (Fsp3) is 0.214. The van der Waals surface area contributed by atoms with Gasteiger partial charge in [-0.3, -0.25) is 4.98 Å². The molecule has 0 aliphatic carbocycles. The van der Waals surface area contributed by atoms with Crippen molar-refractivity contribution in [3.63, 3.8) is 0 Å². The van der Waals surface area contributed by atoms with Crippen molar-refractivity contribution in [1.82, 2.24) is 4.98 Å². The fourth-order valence-corrected chi connectivity index (χ4v) is 4.40. The highest BCUT2D eigenvalue weighted by molar-refractivity contribution is 9.11. The monoisotopic (exact) mass is 478 g/mol. The van der Waals surface area contributed by atoms with Crippen molar-refractivity contribution in [2.24, 2.45) is 0 Å². The molecule has 0 aliphatic heterocycles. The van der Waals surface area contributed by atoms with E-state index in [1.54, 1.807) is 26.5 Å². The number of benzene rings is 1. The minimum Gasteiger partial charge on any atom is -0.493 e. The first-order valence-corrected chi connectivity index (χ1v) is 8.39. The van der Waals surface area contributed by atoms with Gasteiger partial charge in [0, 0.05) is 25.7 Å². The van der Waals surface area contributed by atoms with Crippen LogP contribution in [0.4, 0.5) is 5.69 Å². The molecule has 0 spiro atoms. The molecule has 1 N–H and O–H groups in total. The Bertz CT molecular complexity index is 627. The van der Waals surface area contributed by atoms with E-state index in [0.717, 1.165) is 24.8 Å². The van der Waals surface area contributed by atoms with Crippen LogP contribution in [-0.4, -0.2) is 19.2 Å².